The van der Waals surface area contributed by atoms with Crippen LogP contribution in [0.25, 0.3) is 22.6 Å². The van der Waals surface area contributed by atoms with Crippen molar-refractivity contribution >= 4 is 27.7 Å². The fourth-order valence-corrected chi connectivity index (χ4v) is 3.94. The summed E-state index contributed by atoms with van der Waals surface area (Å²) in [5, 5.41) is 0.852. The Morgan fingerprint density at radius 3 is 2.38 bits per heavy atom. The van der Waals surface area contributed by atoms with Crippen molar-refractivity contribution in [3.05, 3.63) is 54.4 Å². The van der Waals surface area contributed by atoms with Gasteiger partial charge < -0.3 is 4.42 Å². The van der Waals surface area contributed by atoms with Gasteiger partial charge in [0.15, 0.2) is 11.7 Å². The van der Waals surface area contributed by atoms with E-state index in [1.807, 2.05) is 6.07 Å². The van der Waals surface area contributed by atoms with Gasteiger partial charge >= 0.3 is 0 Å². The Morgan fingerprint density at radius 1 is 0.952 bits per heavy atom. The van der Waals surface area contributed by atoms with E-state index in [9.17, 15) is 0 Å². The first kappa shape index (κ1) is 13.2. The molecule has 104 valence electrons. The molecular weight excluding hydrogens is 346 g/mol. The van der Waals surface area contributed by atoms with Gasteiger partial charge in [0.25, 0.3) is 0 Å². The number of fused-ring (bicyclic) bond motifs is 5. The summed E-state index contributed by atoms with van der Waals surface area (Å²) >= 11 is 5.23. The molecule has 0 spiro atoms. The highest BCUT2D eigenvalue weighted by atomic mass is 79.9. The van der Waals surface area contributed by atoms with Gasteiger partial charge in [0.2, 0.25) is 0 Å². The number of alkyl halides is 1. The zero-order valence-corrected chi connectivity index (χ0v) is 13.6. The van der Waals surface area contributed by atoms with Crippen molar-refractivity contribution in [3.63, 3.8) is 0 Å². The van der Waals surface area contributed by atoms with Crippen LogP contribution < -0.4 is 0 Å². The molecule has 4 rings (SSSR count). The highest BCUT2D eigenvalue weighted by Gasteiger charge is 2.24. The first-order chi connectivity index (χ1) is 10.4. The first-order valence-electron chi connectivity index (χ1n) is 6.79. The smallest absolute Gasteiger partial charge is 0.196 e. The van der Waals surface area contributed by atoms with Crippen LogP contribution in [0.5, 0.6) is 0 Å². The number of aryl methyl sites for hydroxylation is 1. The Bertz CT molecular complexity index is 749. The van der Waals surface area contributed by atoms with Crippen molar-refractivity contribution in [1.82, 2.24) is 4.98 Å². The van der Waals surface area contributed by atoms with Crippen LogP contribution in [-0.2, 0) is 6.42 Å². The van der Waals surface area contributed by atoms with Crippen LogP contribution in [0.1, 0.15) is 5.89 Å². The SMILES string of the molecule is BrCCc1nc2c(o1)-c1ccccc1Sc1ccccc1-2. The molecule has 0 saturated carbocycles. The number of oxazole rings is 1. The molecule has 0 bridgehead atoms. The zero-order chi connectivity index (χ0) is 14.2. The molecule has 1 aliphatic heterocycles. The molecule has 4 heteroatoms. The summed E-state index contributed by atoms with van der Waals surface area (Å²) in [5.41, 5.74) is 3.24. The van der Waals surface area contributed by atoms with E-state index in [0.717, 1.165) is 40.2 Å². The van der Waals surface area contributed by atoms with Crippen molar-refractivity contribution in [2.24, 2.45) is 0 Å². The topological polar surface area (TPSA) is 26.0 Å². The molecule has 2 heterocycles. The number of nitrogens with zero attached hydrogens (tertiary/aromatic N) is 1. The van der Waals surface area contributed by atoms with E-state index in [4.69, 9.17) is 9.40 Å². The predicted octanol–water partition coefficient (Wildman–Crippen LogP) is 5.41. The quantitative estimate of drug-likeness (QED) is 0.448. The van der Waals surface area contributed by atoms with Crippen LogP contribution in [0.15, 0.2) is 62.7 Å². The molecule has 1 aliphatic rings. The third kappa shape index (κ3) is 2.23. The molecule has 0 N–H and O–H groups in total. The molecule has 0 aliphatic carbocycles. The molecule has 3 aromatic rings. The average Bonchev–Trinajstić information content (AvgIpc) is 2.87. The largest absolute Gasteiger partial charge is 0.440 e. The normalized spacial score (nSPS) is 12.2. The van der Waals surface area contributed by atoms with Gasteiger partial charge in [0.1, 0.15) is 5.69 Å². The number of benzene rings is 2. The van der Waals surface area contributed by atoms with Gasteiger partial charge in [0, 0.05) is 32.7 Å². The molecule has 0 fully saturated rings. The van der Waals surface area contributed by atoms with E-state index in [-0.39, 0.29) is 0 Å². The minimum absolute atomic E-state index is 0.786. The third-order valence-corrected chi connectivity index (χ3v) is 5.02. The molecule has 2 nitrogen and oxygen atoms in total. The molecule has 0 atom stereocenters. The summed E-state index contributed by atoms with van der Waals surface area (Å²) in [4.78, 5) is 7.17. The number of rotatable bonds is 2. The van der Waals surface area contributed by atoms with Gasteiger partial charge in [-0.05, 0) is 12.1 Å². The summed E-state index contributed by atoms with van der Waals surface area (Å²) in [7, 11) is 0. The molecule has 0 amide bonds. The summed E-state index contributed by atoms with van der Waals surface area (Å²) < 4.78 is 6.06. The molecule has 0 saturated heterocycles. The monoisotopic (exact) mass is 357 g/mol. The van der Waals surface area contributed by atoms with Crippen molar-refractivity contribution in [3.8, 4) is 22.6 Å². The predicted molar refractivity (Wildman–Crippen MR) is 89.0 cm³/mol. The molecule has 1 aromatic heterocycles. The van der Waals surface area contributed by atoms with E-state index >= 15 is 0 Å². The molecule has 2 aromatic carbocycles. The van der Waals surface area contributed by atoms with E-state index in [0.29, 0.717) is 0 Å². The van der Waals surface area contributed by atoms with Gasteiger partial charge in [-0.1, -0.05) is 64.1 Å². The van der Waals surface area contributed by atoms with E-state index < -0.39 is 0 Å². The fraction of sp³-hybridized carbons (Fsp3) is 0.118. The maximum Gasteiger partial charge on any atom is 0.196 e. The molecular formula is C17H12BrNOS. The average molecular weight is 358 g/mol. The Labute approximate surface area is 135 Å². The van der Waals surface area contributed by atoms with E-state index in [1.54, 1.807) is 11.8 Å². The second kappa shape index (κ2) is 5.35. The zero-order valence-electron chi connectivity index (χ0n) is 11.2. The second-order valence-electron chi connectivity index (χ2n) is 4.82. The summed E-state index contributed by atoms with van der Waals surface area (Å²) in [6, 6.07) is 16.7. The minimum atomic E-state index is 0.786. The highest BCUT2D eigenvalue weighted by Crippen LogP contribution is 2.47. The van der Waals surface area contributed by atoms with Crippen molar-refractivity contribution < 1.29 is 4.42 Å². The van der Waals surface area contributed by atoms with Crippen molar-refractivity contribution in [1.29, 1.82) is 0 Å². The molecule has 21 heavy (non-hydrogen) atoms. The Kier molecular flexibility index (Phi) is 3.36. The van der Waals surface area contributed by atoms with Gasteiger partial charge in [0.05, 0.1) is 0 Å². The number of aromatic nitrogens is 1. The Hall–Kier alpha value is -1.52. The maximum absolute atomic E-state index is 6.06. The second-order valence-corrected chi connectivity index (χ2v) is 6.70. The standard InChI is InChI=1S/C17H12BrNOS/c18-10-9-15-19-16-11-5-1-3-7-13(11)21-14-8-4-2-6-12(14)17(16)20-15/h1-8H,9-10H2. The number of hydrogen-bond acceptors (Lipinski definition) is 3. The first-order valence-corrected chi connectivity index (χ1v) is 8.73. The lowest BCUT2D eigenvalue weighted by Gasteiger charge is -2.04. The van der Waals surface area contributed by atoms with Crippen LogP contribution in [0, 0.1) is 0 Å². The highest BCUT2D eigenvalue weighted by molar-refractivity contribution is 9.09. The summed E-state index contributed by atoms with van der Waals surface area (Å²) in [6.45, 7) is 0. The van der Waals surface area contributed by atoms with Gasteiger partial charge in [-0.3, -0.25) is 0 Å². The van der Waals surface area contributed by atoms with Crippen LogP contribution in [0.3, 0.4) is 0 Å². The molecule has 0 radical (unpaired) electrons. The number of halogens is 1. The summed E-state index contributed by atoms with van der Waals surface area (Å²) in [6.07, 6.45) is 0.796. The number of hydrogen-bond donors (Lipinski definition) is 0. The maximum atomic E-state index is 6.06. The van der Waals surface area contributed by atoms with Crippen LogP contribution in [0.4, 0.5) is 0 Å². The van der Waals surface area contributed by atoms with Crippen LogP contribution >= 0.6 is 27.7 Å². The fourth-order valence-electron chi connectivity index (χ4n) is 2.53. The Balaban J connectivity index is 2.02. The van der Waals surface area contributed by atoms with E-state index in [2.05, 4.69) is 58.4 Å². The molecule has 0 unspecified atom stereocenters. The lowest BCUT2D eigenvalue weighted by atomic mass is 10.1. The van der Waals surface area contributed by atoms with Crippen molar-refractivity contribution in [2.45, 2.75) is 16.2 Å². The lowest BCUT2D eigenvalue weighted by Crippen LogP contribution is -1.86. The minimum Gasteiger partial charge on any atom is -0.440 e. The van der Waals surface area contributed by atoms with Crippen molar-refractivity contribution in [2.75, 3.05) is 5.33 Å². The lowest BCUT2D eigenvalue weighted by molar-refractivity contribution is 0.515. The van der Waals surface area contributed by atoms with Crippen LogP contribution in [0.2, 0.25) is 0 Å². The van der Waals surface area contributed by atoms with Gasteiger partial charge in [-0.15, -0.1) is 0 Å². The van der Waals surface area contributed by atoms with Gasteiger partial charge in [-0.25, -0.2) is 4.98 Å². The van der Waals surface area contributed by atoms with E-state index in [1.165, 1.54) is 9.79 Å². The Morgan fingerprint density at radius 2 is 1.62 bits per heavy atom. The van der Waals surface area contributed by atoms with Crippen LogP contribution in [-0.4, -0.2) is 10.3 Å². The third-order valence-electron chi connectivity index (χ3n) is 3.47. The van der Waals surface area contributed by atoms with Gasteiger partial charge in [-0.2, -0.15) is 0 Å². The summed E-state index contributed by atoms with van der Waals surface area (Å²) in [5.74, 6) is 1.67.